The van der Waals surface area contributed by atoms with Crippen LogP contribution in [0.2, 0.25) is 0 Å². The Morgan fingerprint density at radius 2 is 2.21 bits per heavy atom. The van der Waals surface area contributed by atoms with Gasteiger partial charge < -0.3 is 4.74 Å². The molecule has 0 bridgehead atoms. The Morgan fingerprint density at radius 1 is 1.43 bits per heavy atom. The van der Waals surface area contributed by atoms with Crippen molar-refractivity contribution in [2.24, 2.45) is 5.92 Å². The van der Waals surface area contributed by atoms with Gasteiger partial charge in [-0.25, -0.2) is 4.98 Å². The van der Waals surface area contributed by atoms with Crippen molar-refractivity contribution >= 4 is 0 Å². The summed E-state index contributed by atoms with van der Waals surface area (Å²) < 4.78 is 5.22. The highest BCUT2D eigenvalue weighted by molar-refractivity contribution is 5.26. The molecule has 1 aliphatic rings. The third-order valence-corrected chi connectivity index (χ3v) is 2.66. The van der Waals surface area contributed by atoms with Crippen LogP contribution < -0.4 is 4.74 Å². The summed E-state index contributed by atoms with van der Waals surface area (Å²) in [4.78, 5) is 4.20. The quantitative estimate of drug-likeness (QED) is 0.682. The number of hydrogen-bond donors (Lipinski definition) is 0. The molecule has 0 spiro atoms. The predicted molar refractivity (Wildman–Crippen MR) is 56.4 cm³/mol. The molecule has 0 radical (unpaired) electrons. The number of allylic oxidation sites excluding steroid dienone is 2. The third kappa shape index (κ3) is 1.95. The Labute approximate surface area is 84.6 Å². The minimum absolute atomic E-state index is 0.744. The molecule has 14 heavy (non-hydrogen) atoms. The lowest BCUT2D eigenvalue weighted by Gasteiger charge is -2.11. The number of hydrogen-bond acceptors (Lipinski definition) is 2. The van der Waals surface area contributed by atoms with Crippen LogP contribution in [0.1, 0.15) is 18.4 Å². The van der Waals surface area contributed by atoms with Crippen molar-refractivity contribution in [3.63, 3.8) is 0 Å². The lowest BCUT2D eigenvalue weighted by molar-refractivity contribution is 0.388. The van der Waals surface area contributed by atoms with Crippen LogP contribution in [0.15, 0.2) is 30.5 Å². The fourth-order valence-electron chi connectivity index (χ4n) is 1.91. The molecule has 0 saturated heterocycles. The SMILES string of the molecule is COc1ncccc1CC1CC=CC1. The van der Waals surface area contributed by atoms with E-state index in [1.807, 2.05) is 6.07 Å². The molecule has 1 heterocycles. The number of nitrogens with zero attached hydrogens (tertiary/aromatic N) is 1. The summed E-state index contributed by atoms with van der Waals surface area (Å²) in [6, 6.07) is 4.07. The van der Waals surface area contributed by atoms with Crippen LogP contribution in [0.3, 0.4) is 0 Å². The number of rotatable bonds is 3. The zero-order chi connectivity index (χ0) is 9.80. The van der Waals surface area contributed by atoms with E-state index in [0.29, 0.717) is 0 Å². The minimum atomic E-state index is 0.744. The van der Waals surface area contributed by atoms with E-state index in [2.05, 4.69) is 23.2 Å². The summed E-state index contributed by atoms with van der Waals surface area (Å²) in [7, 11) is 1.68. The molecule has 1 aromatic heterocycles. The van der Waals surface area contributed by atoms with Crippen LogP contribution in [-0.4, -0.2) is 12.1 Å². The van der Waals surface area contributed by atoms with Crippen LogP contribution in [0.5, 0.6) is 5.88 Å². The van der Waals surface area contributed by atoms with Gasteiger partial charge in [-0.05, 0) is 31.2 Å². The summed E-state index contributed by atoms with van der Waals surface area (Å²) in [5, 5.41) is 0. The van der Waals surface area contributed by atoms with Crippen molar-refractivity contribution in [2.75, 3.05) is 7.11 Å². The molecule has 0 fully saturated rings. The molecular weight excluding hydrogens is 174 g/mol. The first-order valence-corrected chi connectivity index (χ1v) is 5.03. The number of methoxy groups -OCH3 is 1. The van der Waals surface area contributed by atoms with E-state index < -0.39 is 0 Å². The maximum atomic E-state index is 5.22. The van der Waals surface area contributed by atoms with E-state index in [1.54, 1.807) is 13.3 Å². The van der Waals surface area contributed by atoms with Crippen molar-refractivity contribution in [2.45, 2.75) is 19.3 Å². The average Bonchev–Trinajstić information content (AvgIpc) is 2.71. The summed E-state index contributed by atoms with van der Waals surface area (Å²) in [6.07, 6.45) is 9.75. The monoisotopic (exact) mass is 189 g/mol. The molecule has 74 valence electrons. The Kier molecular flexibility index (Phi) is 2.82. The van der Waals surface area contributed by atoms with E-state index >= 15 is 0 Å². The first-order valence-electron chi connectivity index (χ1n) is 5.03. The molecule has 2 heteroatoms. The molecule has 1 aromatic rings. The van der Waals surface area contributed by atoms with Crippen molar-refractivity contribution in [1.29, 1.82) is 0 Å². The van der Waals surface area contributed by atoms with Gasteiger partial charge in [0, 0.05) is 11.8 Å². The standard InChI is InChI=1S/C12H15NO/c1-14-12-11(7-4-8-13-12)9-10-5-2-3-6-10/h2-4,7-8,10H,5-6,9H2,1H3. The molecule has 0 saturated carbocycles. The van der Waals surface area contributed by atoms with Gasteiger partial charge in [-0.3, -0.25) is 0 Å². The Hall–Kier alpha value is -1.31. The van der Waals surface area contributed by atoms with Crippen LogP contribution in [0.4, 0.5) is 0 Å². The van der Waals surface area contributed by atoms with Gasteiger partial charge in [-0.15, -0.1) is 0 Å². The highest BCUT2D eigenvalue weighted by atomic mass is 16.5. The Balaban J connectivity index is 2.07. The van der Waals surface area contributed by atoms with Gasteiger partial charge in [0.2, 0.25) is 5.88 Å². The first-order chi connectivity index (χ1) is 6.90. The molecule has 0 atom stereocenters. The van der Waals surface area contributed by atoms with Gasteiger partial charge >= 0.3 is 0 Å². The molecule has 2 rings (SSSR count). The van der Waals surface area contributed by atoms with Gasteiger partial charge in [0.15, 0.2) is 0 Å². The lowest BCUT2D eigenvalue weighted by Crippen LogP contribution is -2.02. The molecule has 2 nitrogen and oxygen atoms in total. The summed E-state index contributed by atoms with van der Waals surface area (Å²) in [5.74, 6) is 1.52. The van der Waals surface area contributed by atoms with Gasteiger partial charge in [0.05, 0.1) is 7.11 Å². The van der Waals surface area contributed by atoms with Crippen LogP contribution in [0.25, 0.3) is 0 Å². The normalized spacial score (nSPS) is 16.1. The van der Waals surface area contributed by atoms with E-state index in [-0.39, 0.29) is 0 Å². The van der Waals surface area contributed by atoms with E-state index in [4.69, 9.17) is 4.74 Å². The molecule has 1 aliphatic carbocycles. The largest absolute Gasteiger partial charge is 0.481 e. The van der Waals surface area contributed by atoms with Crippen molar-refractivity contribution in [3.8, 4) is 5.88 Å². The molecule has 0 aromatic carbocycles. The molecule has 0 aliphatic heterocycles. The van der Waals surface area contributed by atoms with E-state index in [9.17, 15) is 0 Å². The topological polar surface area (TPSA) is 22.1 Å². The highest BCUT2D eigenvalue weighted by Crippen LogP contribution is 2.25. The van der Waals surface area contributed by atoms with Crippen molar-refractivity contribution < 1.29 is 4.74 Å². The smallest absolute Gasteiger partial charge is 0.216 e. The maximum absolute atomic E-state index is 5.22. The number of aromatic nitrogens is 1. The fourth-order valence-corrected chi connectivity index (χ4v) is 1.91. The third-order valence-electron chi connectivity index (χ3n) is 2.66. The number of pyridine rings is 1. The Morgan fingerprint density at radius 3 is 2.93 bits per heavy atom. The molecule has 0 N–H and O–H groups in total. The zero-order valence-electron chi connectivity index (χ0n) is 8.44. The van der Waals surface area contributed by atoms with Gasteiger partial charge in [0.25, 0.3) is 0 Å². The van der Waals surface area contributed by atoms with Crippen molar-refractivity contribution in [3.05, 3.63) is 36.0 Å². The second-order valence-electron chi connectivity index (χ2n) is 3.68. The Bertz CT molecular complexity index is 325. The van der Waals surface area contributed by atoms with Crippen molar-refractivity contribution in [1.82, 2.24) is 4.98 Å². The maximum Gasteiger partial charge on any atom is 0.216 e. The minimum Gasteiger partial charge on any atom is -0.481 e. The first kappa shape index (κ1) is 9.25. The molecule has 0 unspecified atom stereocenters. The lowest BCUT2D eigenvalue weighted by atomic mass is 9.98. The molecule has 0 amide bonds. The zero-order valence-corrected chi connectivity index (χ0v) is 8.44. The predicted octanol–water partition coefficient (Wildman–Crippen LogP) is 2.60. The van der Waals surface area contributed by atoms with Crippen LogP contribution in [0, 0.1) is 5.92 Å². The van der Waals surface area contributed by atoms with Gasteiger partial charge in [-0.2, -0.15) is 0 Å². The van der Waals surface area contributed by atoms with Crippen LogP contribution >= 0.6 is 0 Å². The second kappa shape index (κ2) is 4.27. The van der Waals surface area contributed by atoms with E-state index in [0.717, 1.165) is 18.2 Å². The average molecular weight is 189 g/mol. The number of ether oxygens (including phenoxy) is 1. The summed E-state index contributed by atoms with van der Waals surface area (Å²) >= 11 is 0. The second-order valence-corrected chi connectivity index (χ2v) is 3.68. The van der Waals surface area contributed by atoms with Crippen LogP contribution in [-0.2, 0) is 6.42 Å². The summed E-state index contributed by atoms with van der Waals surface area (Å²) in [6.45, 7) is 0. The van der Waals surface area contributed by atoms with E-state index in [1.165, 1.54) is 18.4 Å². The fraction of sp³-hybridized carbons (Fsp3) is 0.417. The van der Waals surface area contributed by atoms with Gasteiger partial charge in [0.1, 0.15) is 0 Å². The van der Waals surface area contributed by atoms with Gasteiger partial charge in [-0.1, -0.05) is 18.2 Å². The molecular formula is C12H15NO. The highest BCUT2D eigenvalue weighted by Gasteiger charge is 2.13. The summed E-state index contributed by atoms with van der Waals surface area (Å²) in [5.41, 5.74) is 1.23.